The van der Waals surface area contributed by atoms with Gasteiger partial charge in [-0.15, -0.1) is 0 Å². The minimum absolute atomic E-state index is 0.00951. The number of piperidine rings is 1. The van der Waals surface area contributed by atoms with E-state index in [0.717, 1.165) is 31.2 Å². The van der Waals surface area contributed by atoms with Crippen molar-refractivity contribution in [3.8, 4) is 0 Å². The van der Waals surface area contributed by atoms with Gasteiger partial charge in [0.25, 0.3) is 0 Å². The molecule has 3 aliphatic rings. The summed E-state index contributed by atoms with van der Waals surface area (Å²) in [7, 11) is 6.04. The third-order valence-electron chi connectivity index (χ3n) is 14.5. The largest absolute Gasteiger partial charge is 0.467 e. The van der Waals surface area contributed by atoms with E-state index >= 15 is 0 Å². The number of rotatable bonds is 25. The van der Waals surface area contributed by atoms with Gasteiger partial charge in [0.15, 0.2) is 0 Å². The number of likely N-dealkylation sites (N-methyl/N-ethyl adjacent to an activating group) is 1. The van der Waals surface area contributed by atoms with E-state index in [0.29, 0.717) is 45.2 Å². The molecule has 0 unspecified atom stereocenters. The van der Waals surface area contributed by atoms with Crippen LogP contribution in [0.25, 0.3) is 0 Å². The number of fused-ring (bicyclic) bond motifs is 2. The molecule has 0 spiro atoms. The fraction of sp³-hybridized carbons (Fsp3) is 0.750. The van der Waals surface area contributed by atoms with Crippen LogP contribution in [0.4, 0.5) is 4.79 Å². The van der Waals surface area contributed by atoms with E-state index < -0.39 is 71.9 Å². The van der Waals surface area contributed by atoms with E-state index in [9.17, 15) is 33.6 Å². The van der Waals surface area contributed by atoms with Crippen molar-refractivity contribution >= 4 is 41.6 Å². The molecule has 69 heavy (non-hydrogen) atoms. The molecular weight excluding hydrogens is 885 g/mol. The number of ether oxygens (including phenoxy) is 4. The maximum Gasteiger partial charge on any atom is 0.407 e. The van der Waals surface area contributed by atoms with Gasteiger partial charge < -0.3 is 49.6 Å². The number of carbonyl (C=O) groups excluding carboxylic acids is 7. The normalized spacial score (nSPS) is 21.9. The van der Waals surface area contributed by atoms with Gasteiger partial charge in [-0.1, -0.05) is 77.8 Å². The summed E-state index contributed by atoms with van der Waals surface area (Å²) in [5, 5.41) is 8.70. The lowest BCUT2D eigenvalue weighted by Gasteiger charge is -2.41. The zero-order chi connectivity index (χ0) is 51.2. The average molecular weight is 969 g/mol. The lowest BCUT2D eigenvalue weighted by Crippen LogP contribution is -2.60. The summed E-state index contributed by atoms with van der Waals surface area (Å²) >= 11 is 0. The van der Waals surface area contributed by atoms with Crippen LogP contribution in [0.3, 0.4) is 0 Å². The molecule has 2 saturated heterocycles. The van der Waals surface area contributed by atoms with Crippen LogP contribution in [0.5, 0.6) is 0 Å². The number of amides is 6. The molecule has 1 aliphatic carbocycles. The van der Waals surface area contributed by atoms with Gasteiger partial charge in [-0.2, -0.15) is 0 Å². The lowest BCUT2D eigenvalue weighted by molar-refractivity contribution is -0.149. The predicted octanol–water partition coefficient (Wildman–Crippen LogP) is 5.41. The number of likely N-dealkylation sites (tertiary alicyclic amines) is 2. The fourth-order valence-electron chi connectivity index (χ4n) is 10.7. The molecule has 17 nitrogen and oxygen atoms in total. The van der Waals surface area contributed by atoms with Gasteiger partial charge in [-0.25, -0.2) is 9.59 Å². The molecule has 2 heterocycles. The Labute approximate surface area is 411 Å². The van der Waals surface area contributed by atoms with Gasteiger partial charge in [0.2, 0.25) is 29.5 Å². The quantitative estimate of drug-likeness (QED) is 0.0836. The Morgan fingerprint density at radius 1 is 0.870 bits per heavy atom. The van der Waals surface area contributed by atoms with Crippen molar-refractivity contribution in [2.24, 2.45) is 23.7 Å². The fourth-order valence-corrected chi connectivity index (χ4v) is 10.7. The number of alkyl carbamates (subject to hydrolysis) is 1. The zero-order valence-electron chi connectivity index (χ0n) is 43.5. The van der Waals surface area contributed by atoms with Crippen molar-refractivity contribution in [1.29, 1.82) is 0 Å². The molecule has 3 N–H and O–H groups in total. The van der Waals surface area contributed by atoms with Crippen molar-refractivity contribution < 1.29 is 52.5 Å². The number of hydrogen-bond acceptors (Lipinski definition) is 11. The van der Waals surface area contributed by atoms with Crippen LogP contribution < -0.4 is 16.0 Å². The molecule has 0 radical (unpaired) electrons. The lowest BCUT2D eigenvalue weighted by atomic mass is 9.89. The second kappa shape index (κ2) is 26.4. The summed E-state index contributed by atoms with van der Waals surface area (Å²) in [6, 6.07) is 5.87. The van der Waals surface area contributed by atoms with Crippen LogP contribution in [0, 0.1) is 23.7 Å². The minimum Gasteiger partial charge on any atom is -0.467 e. The average Bonchev–Trinajstić information content (AvgIpc) is 4.08. The monoisotopic (exact) mass is 969 g/mol. The van der Waals surface area contributed by atoms with E-state index in [1.807, 2.05) is 58.0 Å². The third-order valence-corrected chi connectivity index (χ3v) is 14.5. The van der Waals surface area contributed by atoms with Crippen molar-refractivity contribution in [1.82, 2.24) is 30.7 Å². The minimum atomic E-state index is -0.916. The second-order valence-electron chi connectivity index (χ2n) is 20.8. The Bertz CT molecular complexity index is 1880. The Kier molecular flexibility index (Phi) is 21.8. The van der Waals surface area contributed by atoms with Crippen molar-refractivity contribution in [3.63, 3.8) is 0 Å². The van der Waals surface area contributed by atoms with Crippen molar-refractivity contribution in [2.75, 3.05) is 41.5 Å². The number of hydrogen-bond donors (Lipinski definition) is 3. The number of methoxy groups -OCH3 is 3. The van der Waals surface area contributed by atoms with Crippen molar-refractivity contribution in [2.45, 2.75) is 186 Å². The van der Waals surface area contributed by atoms with Crippen LogP contribution in [0.15, 0.2) is 30.3 Å². The number of benzene rings is 1. The van der Waals surface area contributed by atoms with E-state index in [2.05, 4.69) is 16.0 Å². The number of nitrogens with one attached hydrogen (secondary N) is 3. The third kappa shape index (κ3) is 15.4. The standard InChI is InChI=1S/C52H84N6O11/c1-13-33(4)44(40(66-10)31-42(60)57-28-20-23-39(57)46(67-11)34(5)47(61)54-38(50(64)68-12)29-35-21-16-14-17-22-35)56(9)49(63)43(32(2)3)55-48(62)45-36-25-26-37(30-36)58(45)41(59)24-18-15-19-27-53-51(65)69-52(6,7)8/h14,16-17,21-22,32-34,36-40,43-46H,13,15,18-20,23-31H2,1-12H3,(H,53,65)(H,54,61)(H,55,62)/t33-,34+,36-,37+,38-,39-,40+,43-,44-,45-,46+/m0/s1. The molecule has 11 atom stereocenters. The molecule has 388 valence electrons. The van der Waals surface area contributed by atoms with Gasteiger partial charge in [-0.05, 0) is 89.0 Å². The summed E-state index contributed by atoms with van der Waals surface area (Å²) < 4.78 is 22.4. The van der Waals surface area contributed by atoms with Gasteiger partial charge in [-0.3, -0.25) is 24.0 Å². The van der Waals surface area contributed by atoms with Crippen LogP contribution >= 0.6 is 0 Å². The molecule has 6 amide bonds. The van der Waals surface area contributed by atoms with Crippen LogP contribution in [0.1, 0.15) is 132 Å². The molecular formula is C52H84N6O11. The molecule has 4 rings (SSSR count). The summed E-state index contributed by atoms with van der Waals surface area (Å²) in [5.41, 5.74) is 0.279. The van der Waals surface area contributed by atoms with E-state index in [1.165, 1.54) is 21.3 Å². The van der Waals surface area contributed by atoms with E-state index in [4.69, 9.17) is 18.9 Å². The summed E-state index contributed by atoms with van der Waals surface area (Å²) in [6.45, 7) is 15.8. The van der Waals surface area contributed by atoms with E-state index in [1.54, 1.807) is 49.4 Å². The maximum absolute atomic E-state index is 14.7. The molecule has 0 aromatic heterocycles. The highest BCUT2D eigenvalue weighted by Crippen LogP contribution is 2.43. The highest BCUT2D eigenvalue weighted by Gasteiger charge is 2.52. The molecule has 17 heteroatoms. The van der Waals surface area contributed by atoms with Crippen molar-refractivity contribution in [3.05, 3.63) is 35.9 Å². The topological polar surface area (TPSA) is 202 Å². The summed E-state index contributed by atoms with van der Waals surface area (Å²) in [6.07, 6.45) is 5.07. The van der Waals surface area contributed by atoms with Gasteiger partial charge in [0, 0.05) is 53.2 Å². The first-order chi connectivity index (χ1) is 32.7. The van der Waals surface area contributed by atoms with Gasteiger partial charge >= 0.3 is 12.1 Å². The Morgan fingerprint density at radius 2 is 1.57 bits per heavy atom. The van der Waals surface area contributed by atoms with Crippen LogP contribution in [-0.2, 0) is 54.1 Å². The highest BCUT2D eigenvalue weighted by molar-refractivity contribution is 5.93. The first-order valence-electron chi connectivity index (χ1n) is 25.3. The molecule has 1 aromatic carbocycles. The Hall–Kier alpha value is -4.77. The maximum atomic E-state index is 14.7. The van der Waals surface area contributed by atoms with Crippen LogP contribution in [0.2, 0.25) is 0 Å². The molecule has 2 aliphatic heterocycles. The number of carbonyl (C=O) groups is 7. The van der Waals surface area contributed by atoms with Gasteiger partial charge in [0.05, 0.1) is 43.7 Å². The molecule has 1 aromatic rings. The molecule has 3 fully saturated rings. The number of nitrogens with zero attached hydrogens (tertiary/aromatic N) is 3. The zero-order valence-corrected chi connectivity index (χ0v) is 43.5. The molecule has 2 bridgehead atoms. The van der Waals surface area contributed by atoms with E-state index in [-0.39, 0.29) is 66.7 Å². The summed E-state index contributed by atoms with van der Waals surface area (Å²) in [5.74, 6) is -2.99. The second-order valence-corrected chi connectivity index (χ2v) is 20.8. The molecule has 1 saturated carbocycles. The Morgan fingerprint density at radius 3 is 2.17 bits per heavy atom. The Balaban J connectivity index is 1.42. The summed E-state index contributed by atoms with van der Waals surface area (Å²) in [4.78, 5) is 101. The van der Waals surface area contributed by atoms with Crippen LogP contribution in [-0.4, -0.2) is 152 Å². The number of unbranched alkanes of at least 4 members (excludes halogenated alkanes) is 2. The van der Waals surface area contributed by atoms with Gasteiger partial charge in [0.1, 0.15) is 23.7 Å². The SMILES string of the molecule is CC[C@H](C)[C@@H]([C@@H](CC(=O)N1CCC[C@H]1[C@H](OC)[C@@H](C)C(=O)N[C@@H](Cc1ccccc1)C(=O)OC)OC)N(C)C(=O)[C@@H](NC(=O)[C@@H]1[C@H]2CC[C@H](C2)N1C(=O)CCCCCNC(=O)OC(C)(C)C)C(C)C. The predicted molar refractivity (Wildman–Crippen MR) is 261 cm³/mol. The first-order valence-corrected chi connectivity index (χ1v) is 25.3. The number of esters is 1. The first kappa shape index (κ1) is 56.8. The highest BCUT2D eigenvalue weighted by atomic mass is 16.6. The smallest absolute Gasteiger partial charge is 0.407 e.